The van der Waals surface area contributed by atoms with E-state index in [0.717, 1.165) is 25.7 Å². The summed E-state index contributed by atoms with van der Waals surface area (Å²) in [6.45, 7) is 1.62. The van der Waals surface area contributed by atoms with Crippen molar-refractivity contribution in [1.82, 2.24) is 9.80 Å². The van der Waals surface area contributed by atoms with E-state index < -0.39 is 29.4 Å². The molecule has 4 amide bonds. The number of benzene rings is 2. The molecule has 0 saturated carbocycles. The third-order valence-corrected chi connectivity index (χ3v) is 7.29. The Morgan fingerprint density at radius 3 is 1.47 bits per heavy atom. The molecule has 4 heterocycles. The van der Waals surface area contributed by atoms with Gasteiger partial charge < -0.3 is 9.47 Å². The highest BCUT2D eigenvalue weighted by Gasteiger charge is 2.39. The molecule has 0 spiro atoms. The van der Waals surface area contributed by atoms with Crippen LogP contribution in [0.4, 0.5) is 0 Å². The number of fused-ring (bicyclic) bond motifs is 2. The summed E-state index contributed by atoms with van der Waals surface area (Å²) >= 11 is 0. The van der Waals surface area contributed by atoms with Crippen LogP contribution < -0.4 is 0 Å². The number of amides is 4. The van der Waals surface area contributed by atoms with Crippen LogP contribution in [-0.2, 0) is 9.47 Å². The SMILES string of the molecule is O=C(c1ccc2c(c1)C(=O)N(C[C@H]1CCCO1)C2=O)c1ccc2c(c1)C(=O)N(C[C@H]1CCCO1)C2=O. The van der Waals surface area contributed by atoms with Gasteiger partial charge in [-0.3, -0.25) is 33.8 Å². The molecule has 0 radical (unpaired) electrons. The maximum absolute atomic E-state index is 13.3. The van der Waals surface area contributed by atoms with Crippen molar-refractivity contribution in [2.75, 3.05) is 26.3 Å². The standard InChI is InChI=1S/C27H24N2O7/c30-23(15-5-7-19-21(11-15)26(33)28(24(19)31)13-17-3-1-9-35-17)16-6-8-20-22(12-16)27(34)29(25(20)32)14-18-4-2-10-36-18/h5-8,11-12,17-18H,1-4,9-10,13-14H2/t17-,18-/m1/s1. The molecule has 2 aromatic rings. The van der Waals surface area contributed by atoms with Gasteiger partial charge in [-0.2, -0.15) is 0 Å². The Morgan fingerprint density at radius 1 is 0.667 bits per heavy atom. The number of hydrogen-bond donors (Lipinski definition) is 0. The lowest BCUT2D eigenvalue weighted by Crippen LogP contribution is -2.36. The summed E-state index contributed by atoms with van der Waals surface area (Å²) < 4.78 is 11.1. The Kier molecular flexibility index (Phi) is 5.54. The number of ketones is 1. The normalized spacial score (nSPS) is 23.1. The zero-order valence-corrected chi connectivity index (χ0v) is 19.5. The number of rotatable bonds is 6. The summed E-state index contributed by atoms with van der Waals surface area (Å²) in [4.78, 5) is 67.1. The van der Waals surface area contributed by atoms with E-state index in [1.807, 2.05) is 0 Å². The zero-order chi connectivity index (χ0) is 25.0. The van der Waals surface area contributed by atoms with Gasteiger partial charge in [0, 0.05) is 24.3 Å². The lowest BCUT2D eigenvalue weighted by Gasteiger charge is -2.17. The number of ether oxygens (including phenoxy) is 2. The summed E-state index contributed by atoms with van der Waals surface area (Å²) in [5, 5.41) is 0. The van der Waals surface area contributed by atoms with Gasteiger partial charge in [0.25, 0.3) is 23.6 Å². The molecule has 6 rings (SSSR count). The second-order valence-corrected chi connectivity index (χ2v) is 9.56. The molecule has 4 aliphatic rings. The van der Waals surface area contributed by atoms with Crippen molar-refractivity contribution in [3.05, 3.63) is 69.8 Å². The number of imide groups is 2. The maximum Gasteiger partial charge on any atom is 0.261 e. The smallest absolute Gasteiger partial charge is 0.261 e. The molecule has 0 bridgehead atoms. The molecule has 2 aromatic carbocycles. The van der Waals surface area contributed by atoms with E-state index in [-0.39, 0.29) is 58.7 Å². The average molecular weight is 488 g/mol. The summed E-state index contributed by atoms with van der Waals surface area (Å²) in [5.41, 5.74) is 1.32. The van der Waals surface area contributed by atoms with Crippen molar-refractivity contribution in [3.8, 4) is 0 Å². The van der Waals surface area contributed by atoms with Gasteiger partial charge in [-0.05, 0) is 49.9 Å². The van der Waals surface area contributed by atoms with E-state index in [1.54, 1.807) is 0 Å². The highest BCUT2D eigenvalue weighted by molar-refractivity contribution is 6.24. The molecule has 9 heteroatoms. The van der Waals surface area contributed by atoms with Crippen LogP contribution in [0.25, 0.3) is 0 Å². The van der Waals surface area contributed by atoms with Crippen LogP contribution in [0.2, 0.25) is 0 Å². The molecule has 2 fully saturated rings. The fourth-order valence-corrected chi connectivity index (χ4v) is 5.35. The second-order valence-electron chi connectivity index (χ2n) is 9.56. The summed E-state index contributed by atoms with van der Waals surface area (Å²) in [5.74, 6) is -2.08. The van der Waals surface area contributed by atoms with E-state index in [9.17, 15) is 24.0 Å². The third kappa shape index (κ3) is 3.66. The van der Waals surface area contributed by atoms with E-state index in [4.69, 9.17) is 9.47 Å². The van der Waals surface area contributed by atoms with Crippen molar-refractivity contribution >= 4 is 29.4 Å². The lowest BCUT2D eigenvalue weighted by atomic mass is 9.96. The Hall–Kier alpha value is -3.69. The Labute approximate surface area is 206 Å². The highest BCUT2D eigenvalue weighted by Crippen LogP contribution is 2.29. The largest absolute Gasteiger partial charge is 0.376 e. The number of nitrogens with zero attached hydrogens (tertiary/aromatic N) is 2. The minimum absolute atomic E-state index is 0.167. The molecule has 0 unspecified atom stereocenters. The molecule has 9 nitrogen and oxygen atoms in total. The molecule has 36 heavy (non-hydrogen) atoms. The maximum atomic E-state index is 13.3. The van der Waals surface area contributed by atoms with Crippen molar-refractivity contribution in [3.63, 3.8) is 0 Å². The van der Waals surface area contributed by atoms with Crippen LogP contribution in [0.1, 0.15) is 83.0 Å². The fraction of sp³-hybridized carbons (Fsp3) is 0.370. The molecule has 0 aromatic heterocycles. The quantitative estimate of drug-likeness (QED) is 0.454. The van der Waals surface area contributed by atoms with Crippen LogP contribution in [-0.4, -0.2) is 77.7 Å². The van der Waals surface area contributed by atoms with Crippen LogP contribution in [0.5, 0.6) is 0 Å². The minimum atomic E-state index is -0.445. The molecule has 2 atom stereocenters. The molecule has 0 N–H and O–H groups in total. The Bertz CT molecular complexity index is 1220. The number of carbonyl (C=O) groups excluding carboxylic acids is 5. The monoisotopic (exact) mass is 488 g/mol. The fourth-order valence-electron chi connectivity index (χ4n) is 5.35. The highest BCUT2D eigenvalue weighted by atomic mass is 16.5. The van der Waals surface area contributed by atoms with Gasteiger partial charge in [0.2, 0.25) is 0 Å². The van der Waals surface area contributed by atoms with E-state index in [2.05, 4.69) is 0 Å². The van der Waals surface area contributed by atoms with Crippen molar-refractivity contribution in [1.29, 1.82) is 0 Å². The van der Waals surface area contributed by atoms with Crippen molar-refractivity contribution in [2.45, 2.75) is 37.9 Å². The zero-order valence-electron chi connectivity index (χ0n) is 19.5. The van der Waals surface area contributed by atoms with E-state index >= 15 is 0 Å². The van der Waals surface area contributed by atoms with Gasteiger partial charge in [-0.1, -0.05) is 12.1 Å². The van der Waals surface area contributed by atoms with Crippen LogP contribution >= 0.6 is 0 Å². The first-order valence-electron chi connectivity index (χ1n) is 12.2. The second kappa shape index (κ2) is 8.76. The topological polar surface area (TPSA) is 110 Å². The Morgan fingerprint density at radius 2 is 1.08 bits per heavy atom. The molecule has 2 saturated heterocycles. The number of hydrogen-bond acceptors (Lipinski definition) is 7. The molecular formula is C27H24N2O7. The summed E-state index contributed by atoms with van der Waals surface area (Å²) in [6.07, 6.45) is 3.05. The Balaban J connectivity index is 1.23. The first-order valence-corrected chi connectivity index (χ1v) is 12.2. The van der Waals surface area contributed by atoms with Crippen LogP contribution in [0.3, 0.4) is 0 Å². The van der Waals surface area contributed by atoms with Gasteiger partial charge in [0.15, 0.2) is 5.78 Å². The van der Waals surface area contributed by atoms with Gasteiger partial charge in [-0.25, -0.2) is 0 Å². The average Bonchev–Trinajstić information content (AvgIpc) is 3.68. The lowest BCUT2D eigenvalue weighted by molar-refractivity contribution is 0.0468. The van der Waals surface area contributed by atoms with E-state index in [1.165, 1.54) is 46.2 Å². The van der Waals surface area contributed by atoms with E-state index in [0.29, 0.717) is 13.2 Å². The van der Waals surface area contributed by atoms with Crippen molar-refractivity contribution in [2.24, 2.45) is 0 Å². The first-order chi connectivity index (χ1) is 17.4. The molecule has 0 aliphatic carbocycles. The minimum Gasteiger partial charge on any atom is -0.376 e. The van der Waals surface area contributed by atoms with Gasteiger partial charge in [-0.15, -0.1) is 0 Å². The summed E-state index contributed by atoms with van der Waals surface area (Å²) in [7, 11) is 0. The number of carbonyl (C=O) groups is 5. The molecule has 4 aliphatic heterocycles. The molecule has 184 valence electrons. The van der Waals surface area contributed by atoms with Crippen LogP contribution in [0, 0.1) is 0 Å². The predicted molar refractivity (Wildman–Crippen MR) is 125 cm³/mol. The van der Waals surface area contributed by atoms with Crippen LogP contribution in [0.15, 0.2) is 36.4 Å². The first kappa shape index (κ1) is 22.8. The van der Waals surface area contributed by atoms with Crippen molar-refractivity contribution < 1.29 is 33.4 Å². The van der Waals surface area contributed by atoms with Gasteiger partial charge >= 0.3 is 0 Å². The summed E-state index contributed by atoms with van der Waals surface area (Å²) in [6, 6.07) is 8.85. The van der Waals surface area contributed by atoms with Gasteiger partial charge in [0.05, 0.1) is 47.6 Å². The third-order valence-electron chi connectivity index (χ3n) is 7.29. The van der Waals surface area contributed by atoms with Gasteiger partial charge in [0.1, 0.15) is 0 Å². The molecular weight excluding hydrogens is 464 g/mol. The predicted octanol–water partition coefficient (Wildman–Crippen LogP) is 2.47.